The molecule has 1 fully saturated rings. The Balaban J connectivity index is 2.50. The Morgan fingerprint density at radius 2 is 2.23 bits per heavy atom. The third kappa shape index (κ3) is 2.71. The molecule has 1 atom stereocenters. The normalized spacial score (nSPS) is 24.1. The predicted octanol–water partition coefficient (Wildman–Crippen LogP) is 1.07. The van der Waals surface area contributed by atoms with Gasteiger partial charge < -0.3 is 9.47 Å². The summed E-state index contributed by atoms with van der Waals surface area (Å²) in [5.74, 6) is 0. The second kappa shape index (κ2) is 5.65. The van der Waals surface area contributed by atoms with Gasteiger partial charge in [0.1, 0.15) is 0 Å². The lowest BCUT2D eigenvalue weighted by Crippen LogP contribution is -2.41. The van der Waals surface area contributed by atoms with Crippen LogP contribution in [0.5, 0.6) is 0 Å². The van der Waals surface area contributed by atoms with Crippen LogP contribution in [0, 0.1) is 0 Å². The Bertz CT molecular complexity index is 162. The van der Waals surface area contributed by atoms with Crippen LogP contribution in [0.2, 0.25) is 0 Å². The van der Waals surface area contributed by atoms with Gasteiger partial charge in [-0.05, 0) is 24.8 Å². The van der Waals surface area contributed by atoms with Gasteiger partial charge in [-0.25, -0.2) is 0 Å². The fraction of sp³-hybridized carbons (Fsp3) is 0.889. The van der Waals surface area contributed by atoms with Crippen molar-refractivity contribution in [2.24, 2.45) is 0 Å². The van der Waals surface area contributed by atoms with Crippen molar-refractivity contribution in [3.05, 3.63) is 0 Å². The van der Waals surface area contributed by atoms with E-state index in [0.29, 0.717) is 6.04 Å². The SMILES string of the molecule is COC(OC)C1CCCN1CC=S. The number of methoxy groups -OCH3 is 2. The molecule has 1 aliphatic rings. The van der Waals surface area contributed by atoms with Crippen molar-refractivity contribution < 1.29 is 9.47 Å². The molecule has 1 rings (SSSR count). The average Bonchev–Trinajstić information content (AvgIpc) is 2.57. The molecule has 76 valence electrons. The van der Waals surface area contributed by atoms with E-state index in [4.69, 9.17) is 21.7 Å². The Kier molecular flexibility index (Phi) is 4.80. The summed E-state index contributed by atoms with van der Waals surface area (Å²) in [6.07, 6.45) is 2.23. The van der Waals surface area contributed by atoms with E-state index in [0.717, 1.165) is 19.5 Å². The lowest BCUT2D eigenvalue weighted by molar-refractivity contribution is -0.138. The number of hydrogen-bond acceptors (Lipinski definition) is 4. The van der Waals surface area contributed by atoms with Crippen molar-refractivity contribution in [3.63, 3.8) is 0 Å². The second-order valence-corrected chi connectivity index (χ2v) is 3.54. The molecular formula is C9H17NO2S. The highest BCUT2D eigenvalue weighted by molar-refractivity contribution is 7.79. The second-order valence-electron chi connectivity index (χ2n) is 3.21. The summed E-state index contributed by atoms with van der Waals surface area (Å²) in [5.41, 5.74) is 0. The summed E-state index contributed by atoms with van der Waals surface area (Å²) in [6.45, 7) is 1.95. The van der Waals surface area contributed by atoms with E-state index in [9.17, 15) is 0 Å². The molecule has 0 saturated carbocycles. The van der Waals surface area contributed by atoms with Crippen LogP contribution in [0.25, 0.3) is 0 Å². The summed E-state index contributed by atoms with van der Waals surface area (Å²) < 4.78 is 10.5. The summed E-state index contributed by atoms with van der Waals surface area (Å²) in [4.78, 5) is 2.31. The zero-order chi connectivity index (χ0) is 9.68. The molecule has 3 nitrogen and oxygen atoms in total. The maximum atomic E-state index is 5.25. The average molecular weight is 203 g/mol. The van der Waals surface area contributed by atoms with Crippen LogP contribution >= 0.6 is 12.2 Å². The van der Waals surface area contributed by atoms with Crippen LogP contribution in [0.3, 0.4) is 0 Å². The number of rotatable bonds is 5. The molecule has 1 heterocycles. The first kappa shape index (κ1) is 11.0. The van der Waals surface area contributed by atoms with E-state index in [-0.39, 0.29) is 6.29 Å². The first-order chi connectivity index (χ1) is 6.33. The Morgan fingerprint density at radius 1 is 1.54 bits per heavy atom. The maximum Gasteiger partial charge on any atom is 0.172 e. The van der Waals surface area contributed by atoms with Gasteiger partial charge in [0.15, 0.2) is 6.29 Å². The molecule has 0 aromatic rings. The summed E-state index contributed by atoms with van der Waals surface area (Å²) in [5, 5.41) is 1.76. The third-order valence-electron chi connectivity index (χ3n) is 2.50. The molecular weight excluding hydrogens is 186 g/mol. The van der Waals surface area contributed by atoms with Crippen molar-refractivity contribution in [1.29, 1.82) is 0 Å². The summed E-state index contributed by atoms with van der Waals surface area (Å²) in [6, 6.07) is 0.370. The summed E-state index contributed by atoms with van der Waals surface area (Å²) in [7, 11) is 3.37. The van der Waals surface area contributed by atoms with E-state index < -0.39 is 0 Å². The van der Waals surface area contributed by atoms with Gasteiger partial charge in [-0.15, -0.1) is 0 Å². The van der Waals surface area contributed by atoms with Gasteiger partial charge >= 0.3 is 0 Å². The lowest BCUT2D eigenvalue weighted by Gasteiger charge is -2.28. The molecule has 0 amide bonds. The molecule has 0 bridgehead atoms. The number of likely N-dealkylation sites (tertiary alicyclic amines) is 1. The molecule has 1 saturated heterocycles. The highest BCUT2D eigenvalue weighted by Crippen LogP contribution is 2.21. The van der Waals surface area contributed by atoms with Gasteiger partial charge in [-0.2, -0.15) is 0 Å². The molecule has 0 N–H and O–H groups in total. The maximum absolute atomic E-state index is 5.25. The van der Waals surface area contributed by atoms with Gasteiger partial charge in [-0.1, -0.05) is 12.2 Å². The minimum atomic E-state index is -0.113. The van der Waals surface area contributed by atoms with Gasteiger partial charge in [0, 0.05) is 20.8 Å². The van der Waals surface area contributed by atoms with Crippen LogP contribution < -0.4 is 0 Å². The highest BCUT2D eigenvalue weighted by atomic mass is 32.1. The summed E-state index contributed by atoms with van der Waals surface area (Å²) >= 11 is 4.85. The topological polar surface area (TPSA) is 21.7 Å². The van der Waals surface area contributed by atoms with Crippen LogP contribution in [0.1, 0.15) is 12.8 Å². The first-order valence-corrected chi connectivity index (χ1v) is 5.04. The zero-order valence-electron chi connectivity index (χ0n) is 8.23. The Labute approximate surface area is 85.0 Å². The number of ether oxygens (including phenoxy) is 2. The van der Waals surface area contributed by atoms with Crippen molar-refractivity contribution in [3.8, 4) is 0 Å². The fourth-order valence-electron chi connectivity index (χ4n) is 1.89. The largest absolute Gasteiger partial charge is 0.354 e. The van der Waals surface area contributed by atoms with E-state index >= 15 is 0 Å². The molecule has 4 heteroatoms. The standard InChI is InChI=1S/C9H17NO2S/c1-11-9(12-2)8-4-3-5-10(8)6-7-13/h7-9H,3-6H2,1-2H3. The van der Waals surface area contributed by atoms with E-state index in [1.807, 2.05) is 0 Å². The van der Waals surface area contributed by atoms with E-state index in [2.05, 4.69) is 4.90 Å². The van der Waals surface area contributed by atoms with Crippen LogP contribution in [-0.2, 0) is 9.47 Å². The van der Waals surface area contributed by atoms with E-state index in [1.54, 1.807) is 19.6 Å². The molecule has 0 aliphatic carbocycles. The zero-order valence-corrected chi connectivity index (χ0v) is 9.05. The minimum absolute atomic E-state index is 0.113. The molecule has 0 spiro atoms. The van der Waals surface area contributed by atoms with Crippen molar-refractivity contribution >= 4 is 17.6 Å². The van der Waals surface area contributed by atoms with Gasteiger partial charge in [0.25, 0.3) is 0 Å². The van der Waals surface area contributed by atoms with Gasteiger partial charge in [-0.3, -0.25) is 4.90 Å². The Morgan fingerprint density at radius 3 is 2.77 bits per heavy atom. The first-order valence-electron chi connectivity index (χ1n) is 4.56. The van der Waals surface area contributed by atoms with Crippen molar-refractivity contribution in [2.45, 2.75) is 25.2 Å². The Hall–Kier alpha value is -0.0300. The predicted molar refractivity (Wildman–Crippen MR) is 56.1 cm³/mol. The van der Waals surface area contributed by atoms with Crippen LogP contribution in [0.15, 0.2) is 0 Å². The van der Waals surface area contributed by atoms with Crippen molar-refractivity contribution in [1.82, 2.24) is 4.90 Å². The molecule has 13 heavy (non-hydrogen) atoms. The number of thiocarbonyl (C=S) groups is 1. The minimum Gasteiger partial charge on any atom is -0.354 e. The molecule has 1 aliphatic heterocycles. The van der Waals surface area contributed by atoms with Gasteiger partial charge in [0.2, 0.25) is 0 Å². The highest BCUT2D eigenvalue weighted by Gasteiger charge is 2.30. The van der Waals surface area contributed by atoms with Gasteiger partial charge in [0.05, 0.1) is 6.04 Å². The van der Waals surface area contributed by atoms with Crippen molar-refractivity contribution in [2.75, 3.05) is 27.3 Å². The molecule has 0 aromatic heterocycles. The fourth-order valence-corrected chi connectivity index (χ4v) is 2.08. The lowest BCUT2D eigenvalue weighted by atomic mass is 10.2. The monoisotopic (exact) mass is 203 g/mol. The number of hydrogen-bond donors (Lipinski definition) is 0. The third-order valence-corrected chi connectivity index (χ3v) is 2.65. The van der Waals surface area contributed by atoms with Crippen LogP contribution in [0.4, 0.5) is 0 Å². The molecule has 0 aromatic carbocycles. The smallest absolute Gasteiger partial charge is 0.172 e. The molecule has 1 unspecified atom stereocenters. The quantitative estimate of drug-likeness (QED) is 0.492. The van der Waals surface area contributed by atoms with E-state index in [1.165, 1.54) is 6.42 Å². The number of nitrogens with zero attached hydrogens (tertiary/aromatic N) is 1. The van der Waals surface area contributed by atoms with Crippen LogP contribution in [-0.4, -0.2) is 49.9 Å². The molecule has 0 radical (unpaired) electrons.